The zero-order chi connectivity index (χ0) is 46.9. The van der Waals surface area contributed by atoms with E-state index in [1.807, 2.05) is 66.7 Å². The third kappa shape index (κ3) is 9.11. The molecule has 4 nitrogen and oxygen atoms in total. The number of hydrogen-bond acceptors (Lipinski definition) is 3. The standard InChI is InChI=1S/C43H26FN2O.C20H20NSi.Ir/c44-33-20-15-31(16-21-33)35-25-26-37(42-41(35)36-24-19-32(27-40(36)47-42)29-11-5-2-6-12-29)43-45-38-13-7-8-14-39(38)46(43)34-22-17-30(18-23-34)28-9-3-1-4-10-28;1-22(2,3)20-15-21-19(17-12-8-5-9-13-17)14-18(20)16-10-6-4-7-11-16;/h1-25,27H;4-12,14-15H,1-3H3;/q2*-1;. The van der Waals surface area contributed by atoms with Crippen LogP contribution in [-0.4, -0.2) is 22.6 Å². The van der Waals surface area contributed by atoms with Gasteiger partial charge in [0.2, 0.25) is 0 Å². The smallest absolute Gasteiger partial charge is 0.123 e. The van der Waals surface area contributed by atoms with Crippen molar-refractivity contribution in [2.24, 2.45) is 0 Å². The van der Waals surface area contributed by atoms with Gasteiger partial charge in [0.05, 0.1) is 30.5 Å². The molecule has 0 aliphatic rings. The molecule has 0 saturated heterocycles. The molecule has 0 bridgehead atoms. The Kier molecular flexibility index (Phi) is 12.9. The number of fused-ring (bicyclic) bond motifs is 4. The third-order valence-corrected chi connectivity index (χ3v) is 14.6. The molecule has 1 radical (unpaired) electrons. The van der Waals surface area contributed by atoms with Crippen LogP contribution >= 0.6 is 0 Å². The average Bonchev–Trinajstić information content (AvgIpc) is 3.99. The van der Waals surface area contributed by atoms with Crippen LogP contribution in [0.4, 0.5) is 4.39 Å². The van der Waals surface area contributed by atoms with Crippen LogP contribution < -0.4 is 5.19 Å². The number of nitrogens with zero attached hydrogens (tertiary/aromatic N) is 3. The molecule has 0 atom stereocenters. The van der Waals surface area contributed by atoms with Gasteiger partial charge in [0.25, 0.3) is 0 Å². The molecule has 12 rings (SSSR count). The van der Waals surface area contributed by atoms with E-state index < -0.39 is 8.07 Å². The average molecular weight is 1100 g/mol. The van der Waals surface area contributed by atoms with Crippen molar-refractivity contribution in [3.63, 3.8) is 0 Å². The van der Waals surface area contributed by atoms with Crippen LogP contribution in [0.2, 0.25) is 19.6 Å². The molecule has 0 saturated carbocycles. The second kappa shape index (κ2) is 19.7. The second-order valence-electron chi connectivity index (χ2n) is 18.1. The number of rotatable bonds is 8. The molecule has 9 aromatic carbocycles. The fourth-order valence-corrected chi connectivity index (χ4v) is 10.6. The van der Waals surface area contributed by atoms with E-state index in [4.69, 9.17) is 14.4 Å². The minimum atomic E-state index is -1.46. The molecule has 70 heavy (non-hydrogen) atoms. The first-order chi connectivity index (χ1) is 33.8. The Balaban J connectivity index is 0.000000208. The number of imidazole rings is 1. The maximum atomic E-state index is 14.0. The van der Waals surface area contributed by atoms with Gasteiger partial charge in [-0.1, -0.05) is 182 Å². The molecule has 12 aromatic rings. The Hall–Kier alpha value is -7.80. The number of hydrogen-bond donors (Lipinski definition) is 0. The van der Waals surface area contributed by atoms with Crippen molar-refractivity contribution in [1.82, 2.24) is 14.5 Å². The third-order valence-electron chi connectivity index (χ3n) is 12.6. The van der Waals surface area contributed by atoms with Gasteiger partial charge in [-0.15, -0.1) is 48.0 Å². The number of pyridine rings is 1. The SMILES string of the molecule is C[Si](C)(C)c1cnc(-c2[c-]cccc2)cc1-c1ccccc1.Fc1ccc(-c2c[c-]c(-c3nc4ccccc4n3-c3ccc(-c4ccccc4)cc3)c3oc4cc(-c5ccccc5)ccc4c23)cc1.[Ir]. The van der Waals surface area contributed by atoms with E-state index >= 15 is 0 Å². The molecule has 0 N–H and O–H groups in total. The minimum Gasteiger partial charge on any atom is -0.500 e. The van der Waals surface area contributed by atoms with Crippen LogP contribution in [0.1, 0.15) is 0 Å². The van der Waals surface area contributed by atoms with Crippen LogP contribution in [0.3, 0.4) is 0 Å². The molecule has 0 spiro atoms. The summed E-state index contributed by atoms with van der Waals surface area (Å²) >= 11 is 0. The molecule has 3 aromatic heterocycles. The summed E-state index contributed by atoms with van der Waals surface area (Å²) in [7, 11) is -1.46. The van der Waals surface area contributed by atoms with E-state index in [1.54, 1.807) is 12.1 Å². The van der Waals surface area contributed by atoms with E-state index in [1.165, 1.54) is 34.0 Å². The van der Waals surface area contributed by atoms with Crippen molar-refractivity contribution in [2.75, 3.05) is 0 Å². The first-order valence-electron chi connectivity index (χ1n) is 23.2. The van der Waals surface area contributed by atoms with E-state index in [9.17, 15) is 4.39 Å². The maximum absolute atomic E-state index is 14.0. The normalized spacial score (nSPS) is 11.3. The summed E-state index contributed by atoms with van der Waals surface area (Å²) in [5, 5.41) is 3.32. The Bertz CT molecular complexity index is 3740. The molecule has 0 unspecified atom stereocenters. The molecule has 341 valence electrons. The molecule has 0 aliphatic heterocycles. The van der Waals surface area contributed by atoms with Gasteiger partial charge in [-0.05, 0) is 92.1 Å². The van der Waals surface area contributed by atoms with Gasteiger partial charge in [-0.25, -0.2) is 4.39 Å². The summed E-state index contributed by atoms with van der Waals surface area (Å²) in [4.78, 5) is 9.87. The topological polar surface area (TPSA) is 43.9 Å². The molecule has 0 aliphatic carbocycles. The largest absolute Gasteiger partial charge is 0.500 e. The van der Waals surface area contributed by atoms with Crippen molar-refractivity contribution >= 4 is 46.2 Å². The summed E-state index contributed by atoms with van der Waals surface area (Å²) in [5.74, 6) is 0.457. The zero-order valence-electron chi connectivity index (χ0n) is 38.8. The quantitative estimate of drug-likeness (QED) is 0.112. The fourth-order valence-electron chi connectivity index (χ4n) is 9.15. The van der Waals surface area contributed by atoms with Crippen LogP contribution in [0.5, 0.6) is 0 Å². The van der Waals surface area contributed by atoms with Crippen LogP contribution in [-0.2, 0) is 20.1 Å². The van der Waals surface area contributed by atoms with E-state index in [-0.39, 0.29) is 25.9 Å². The summed E-state index contributed by atoms with van der Waals surface area (Å²) in [6.45, 7) is 7.10. The first-order valence-corrected chi connectivity index (χ1v) is 26.7. The summed E-state index contributed by atoms with van der Waals surface area (Å²) < 4.78 is 23.0. The summed E-state index contributed by atoms with van der Waals surface area (Å²) in [6.07, 6.45) is 2.07. The maximum Gasteiger partial charge on any atom is 0.123 e. The number of benzene rings is 9. The van der Waals surface area contributed by atoms with Gasteiger partial charge in [-0.3, -0.25) is 4.98 Å². The minimum absolute atomic E-state index is 0. The van der Waals surface area contributed by atoms with Gasteiger partial charge < -0.3 is 14.0 Å². The van der Waals surface area contributed by atoms with Crippen molar-refractivity contribution in [3.8, 4) is 72.8 Å². The van der Waals surface area contributed by atoms with Gasteiger partial charge in [0.1, 0.15) is 11.4 Å². The van der Waals surface area contributed by atoms with Crippen molar-refractivity contribution in [2.45, 2.75) is 19.6 Å². The number of halogens is 1. The van der Waals surface area contributed by atoms with Gasteiger partial charge in [0, 0.05) is 37.4 Å². The Morgan fingerprint density at radius 3 is 1.81 bits per heavy atom. The van der Waals surface area contributed by atoms with Crippen LogP contribution in [0.15, 0.2) is 229 Å². The predicted molar refractivity (Wildman–Crippen MR) is 286 cm³/mol. The molecule has 0 amide bonds. The van der Waals surface area contributed by atoms with E-state index in [0.29, 0.717) is 5.58 Å². The fraction of sp³-hybridized carbons (Fsp3) is 0.0476. The Labute approximate surface area is 422 Å². The molecule has 3 heterocycles. The first kappa shape index (κ1) is 46.0. The van der Waals surface area contributed by atoms with E-state index in [2.05, 4.69) is 170 Å². The summed E-state index contributed by atoms with van der Waals surface area (Å²) in [5.41, 5.74) is 16.0. The second-order valence-corrected chi connectivity index (χ2v) is 23.2. The van der Waals surface area contributed by atoms with Gasteiger partial charge >= 0.3 is 0 Å². The molecular formula is C63H46FIrN3OSi-2. The van der Waals surface area contributed by atoms with Crippen molar-refractivity contribution in [1.29, 1.82) is 0 Å². The van der Waals surface area contributed by atoms with E-state index in [0.717, 1.165) is 83.5 Å². The van der Waals surface area contributed by atoms with Crippen LogP contribution in [0, 0.1) is 17.9 Å². The van der Waals surface area contributed by atoms with Gasteiger partial charge in [-0.2, -0.15) is 0 Å². The van der Waals surface area contributed by atoms with Gasteiger partial charge in [0.15, 0.2) is 0 Å². The molecular weight excluding hydrogens is 1050 g/mol. The van der Waals surface area contributed by atoms with Crippen molar-refractivity contribution in [3.05, 3.63) is 243 Å². The molecule has 7 heteroatoms. The number of para-hydroxylation sites is 2. The zero-order valence-corrected chi connectivity index (χ0v) is 42.2. The van der Waals surface area contributed by atoms with Crippen LogP contribution in [0.25, 0.3) is 106 Å². The number of aromatic nitrogens is 3. The number of furan rings is 1. The summed E-state index contributed by atoms with van der Waals surface area (Å²) in [6, 6.07) is 79.9. The van der Waals surface area contributed by atoms with Crippen molar-refractivity contribution < 1.29 is 28.9 Å². The Morgan fingerprint density at radius 1 is 0.557 bits per heavy atom. The molecule has 0 fully saturated rings. The Morgan fingerprint density at radius 2 is 1.14 bits per heavy atom. The predicted octanol–water partition coefficient (Wildman–Crippen LogP) is 16.3. The monoisotopic (exact) mass is 1100 g/mol.